The number of anilines is 2. The number of nitrogens with zero attached hydrogens (tertiary/aromatic N) is 1. The molecule has 2 N–H and O–H groups in total. The number of thiophene rings is 1. The van der Waals surface area contributed by atoms with Gasteiger partial charge in [-0.15, -0.1) is 11.3 Å². The van der Waals surface area contributed by atoms with Crippen molar-refractivity contribution in [3.8, 4) is 0 Å². The van der Waals surface area contributed by atoms with E-state index in [-0.39, 0.29) is 25.4 Å². The van der Waals surface area contributed by atoms with Crippen molar-refractivity contribution in [2.75, 3.05) is 36.9 Å². The molecule has 0 radical (unpaired) electrons. The number of aryl methyl sites for hydroxylation is 1. The molecule has 1 aromatic carbocycles. The topological polar surface area (TPSA) is 87.7 Å². The van der Waals surface area contributed by atoms with Crippen LogP contribution in [0.15, 0.2) is 24.3 Å². The van der Waals surface area contributed by atoms with Crippen molar-refractivity contribution < 1.29 is 32.3 Å². The first-order chi connectivity index (χ1) is 16.1. The maximum Gasteiger partial charge on any atom is 0.418 e. The molecule has 1 aromatic heterocycles. The average Bonchev–Trinajstić information content (AvgIpc) is 3.33. The van der Waals surface area contributed by atoms with E-state index in [0.717, 1.165) is 35.8 Å². The number of hydrogen-bond donors (Lipinski definition) is 2. The SMILES string of the molecule is CCOC(=O)c1c(NC(=O)CN(CC)CC(=O)Nc2ccccc2C(F)(F)F)sc2c1CCC2. The molecule has 2 amide bonds. The first-order valence-corrected chi connectivity index (χ1v) is 11.8. The van der Waals surface area contributed by atoms with Gasteiger partial charge in [0.05, 0.1) is 36.5 Å². The summed E-state index contributed by atoms with van der Waals surface area (Å²) in [5.74, 6) is -1.59. The molecule has 0 fully saturated rings. The number of hydrogen-bond acceptors (Lipinski definition) is 6. The number of fused-ring (bicyclic) bond motifs is 1. The lowest BCUT2D eigenvalue weighted by Gasteiger charge is -2.20. The summed E-state index contributed by atoms with van der Waals surface area (Å²) in [5.41, 5.74) is 0.0140. The van der Waals surface area contributed by atoms with Crippen molar-refractivity contribution in [1.82, 2.24) is 4.90 Å². The van der Waals surface area contributed by atoms with E-state index in [2.05, 4.69) is 10.6 Å². The van der Waals surface area contributed by atoms with Crippen molar-refractivity contribution in [3.63, 3.8) is 0 Å². The molecule has 1 heterocycles. The molecule has 1 aliphatic carbocycles. The number of nitrogens with one attached hydrogen (secondary N) is 2. The number of halogens is 3. The maximum atomic E-state index is 13.2. The molecule has 34 heavy (non-hydrogen) atoms. The Morgan fingerprint density at radius 1 is 1.06 bits per heavy atom. The maximum absolute atomic E-state index is 13.2. The number of carbonyl (C=O) groups is 3. The molecule has 0 bridgehead atoms. The highest BCUT2D eigenvalue weighted by Gasteiger charge is 2.33. The highest BCUT2D eigenvalue weighted by molar-refractivity contribution is 7.17. The lowest BCUT2D eigenvalue weighted by molar-refractivity contribution is -0.137. The van der Waals surface area contributed by atoms with Crippen LogP contribution in [0.3, 0.4) is 0 Å². The fourth-order valence-electron chi connectivity index (χ4n) is 3.79. The van der Waals surface area contributed by atoms with Gasteiger partial charge in [0.2, 0.25) is 11.8 Å². The van der Waals surface area contributed by atoms with Gasteiger partial charge >= 0.3 is 12.1 Å². The van der Waals surface area contributed by atoms with Crippen LogP contribution in [0.25, 0.3) is 0 Å². The van der Waals surface area contributed by atoms with Crippen molar-refractivity contribution in [2.24, 2.45) is 0 Å². The van der Waals surface area contributed by atoms with E-state index >= 15 is 0 Å². The standard InChI is InChI=1S/C23H26F3N3O4S/c1-3-29(12-18(30)27-16-10-6-5-9-15(16)23(24,25)26)13-19(31)28-21-20(22(32)33-4-2)14-8-7-11-17(14)34-21/h5-6,9-10H,3-4,7-8,11-13H2,1-2H3,(H,27,30)(H,28,31). The molecular formula is C23H26F3N3O4S. The largest absolute Gasteiger partial charge is 0.462 e. The summed E-state index contributed by atoms with van der Waals surface area (Å²) < 4.78 is 44.6. The van der Waals surface area contributed by atoms with Gasteiger partial charge in [0, 0.05) is 4.88 Å². The third-order valence-corrected chi connectivity index (χ3v) is 6.55. The Bertz CT molecular complexity index is 1070. The Labute approximate surface area is 199 Å². The van der Waals surface area contributed by atoms with Gasteiger partial charge in [-0.25, -0.2) is 4.79 Å². The molecule has 7 nitrogen and oxygen atoms in total. The smallest absolute Gasteiger partial charge is 0.418 e. The van der Waals surface area contributed by atoms with Gasteiger partial charge in [-0.2, -0.15) is 13.2 Å². The van der Waals surface area contributed by atoms with E-state index in [4.69, 9.17) is 4.74 Å². The van der Waals surface area contributed by atoms with Gasteiger partial charge < -0.3 is 15.4 Å². The van der Waals surface area contributed by atoms with Crippen LogP contribution in [0.2, 0.25) is 0 Å². The van der Waals surface area contributed by atoms with Gasteiger partial charge in [-0.1, -0.05) is 19.1 Å². The van der Waals surface area contributed by atoms with Gasteiger partial charge in [0.1, 0.15) is 5.00 Å². The number of amides is 2. The molecule has 0 unspecified atom stereocenters. The molecule has 0 saturated heterocycles. The zero-order valence-electron chi connectivity index (χ0n) is 18.9. The summed E-state index contributed by atoms with van der Waals surface area (Å²) >= 11 is 1.35. The van der Waals surface area contributed by atoms with E-state index in [1.54, 1.807) is 13.8 Å². The van der Waals surface area contributed by atoms with Crippen LogP contribution in [0.1, 0.15) is 46.6 Å². The predicted octanol–water partition coefficient (Wildman–Crippen LogP) is 4.33. The van der Waals surface area contributed by atoms with Crippen LogP contribution in [0.4, 0.5) is 23.9 Å². The van der Waals surface area contributed by atoms with E-state index in [0.29, 0.717) is 17.1 Å². The zero-order chi connectivity index (χ0) is 24.9. The number of carbonyl (C=O) groups excluding carboxylic acids is 3. The number of alkyl halides is 3. The third kappa shape index (κ3) is 6.15. The fourth-order valence-corrected chi connectivity index (χ4v) is 5.09. The summed E-state index contributed by atoms with van der Waals surface area (Å²) in [7, 11) is 0. The minimum atomic E-state index is -4.61. The van der Waals surface area contributed by atoms with Crippen molar-refractivity contribution in [1.29, 1.82) is 0 Å². The van der Waals surface area contributed by atoms with Crippen molar-refractivity contribution >= 4 is 39.8 Å². The first kappa shape index (κ1) is 25.7. The lowest BCUT2D eigenvalue weighted by Crippen LogP contribution is -2.39. The van der Waals surface area contributed by atoms with Crippen LogP contribution >= 0.6 is 11.3 Å². The fraction of sp³-hybridized carbons (Fsp3) is 0.435. The van der Waals surface area contributed by atoms with Crippen LogP contribution in [0.5, 0.6) is 0 Å². The number of ether oxygens (including phenoxy) is 1. The number of esters is 1. The number of likely N-dealkylation sites (N-methyl/N-ethyl adjacent to an activating group) is 1. The molecule has 0 atom stereocenters. The van der Waals surface area contributed by atoms with Crippen LogP contribution in [-0.4, -0.2) is 48.9 Å². The number of rotatable bonds is 9. The van der Waals surface area contributed by atoms with E-state index < -0.39 is 29.5 Å². The van der Waals surface area contributed by atoms with Crippen LogP contribution in [-0.2, 0) is 33.3 Å². The second-order valence-electron chi connectivity index (χ2n) is 7.72. The second-order valence-corrected chi connectivity index (χ2v) is 8.83. The minimum absolute atomic E-state index is 0.171. The summed E-state index contributed by atoms with van der Waals surface area (Å²) in [6.45, 7) is 3.52. The Kier molecular flexibility index (Phi) is 8.32. The number of benzene rings is 1. The highest BCUT2D eigenvalue weighted by Crippen LogP contribution is 2.39. The van der Waals surface area contributed by atoms with Gasteiger partial charge in [0.25, 0.3) is 0 Å². The molecule has 0 saturated carbocycles. The lowest BCUT2D eigenvalue weighted by atomic mass is 10.1. The Morgan fingerprint density at radius 2 is 1.74 bits per heavy atom. The summed E-state index contributed by atoms with van der Waals surface area (Å²) in [5, 5.41) is 5.45. The highest BCUT2D eigenvalue weighted by atomic mass is 32.1. The van der Waals surface area contributed by atoms with E-state index in [1.165, 1.54) is 34.4 Å². The third-order valence-electron chi connectivity index (χ3n) is 5.34. The second kappa shape index (κ2) is 11.0. The Morgan fingerprint density at radius 3 is 2.38 bits per heavy atom. The normalized spacial score (nSPS) is 13.0. The molecule has 1 aliphatic rings. The van der Waals surface area contributed by atoms with Gasteiger partial charge in [-0.3, -0.25) is 14.5 Å². The summed E-state index contributed by atoms with van der Waals surface area (Å²) in [6, 6.07) is 4.71. The molecule has 3 rings (SSSR count). The Hall–Kier alpha value is -2.92. The molecule has 0 aliphatic heterocycles. The summed E-state index contributed by atoms with van der Waals surface area (Å²) in [6.07, 6.45) is -2.08. The van der Waals surface area contributed by atoms with Gasteiger partial charge in [-0.05, 0) is 50.4 Å². The molecule has 0 spiro atoms. The predicted molar refractivity (Wildman–Crippen MR) is 123 cm³/mol. The van der Waals surface area contributed by atoms with E-state index in [9.17, 15) is 27.6 Å². The molecule has 2 aromatic rings. The van der Waals surface area contributed by atoms with Crippen molar-refractivity contribution in [3.05, 3.63) is 45.8 Å². The molecular weight excluding hydrogens is 471 g/mol. The quantitative estimate of drug-likeness (QED) is 0.504. The van der Waals surface area contributed by atoms with E-state index in [1.807, 2.05) is 0 Å². The first-order valence-electron chi connectivity index (χ1n) is 10.9. The minimum Gasteiger partial charge on any atom is -0.462 e. The molecule has 184 valence electrons. The zero-order valence-corrected chi connectivity index (χ0v) is 19.7. The van der Waals surface area contributed by atoms with Crippen LogP contribution in [0, 0.1) is 0 Å². The number of para-hydroxylation sites is 1. The van der Waals surface area contributed by atoms with Gasteiger partial charge in [0.15, 0.2) is 0 Å². The molecule has 11 heteroatoms. The monoisotopic (exact) mass is 497 g/mol. The van der Waals surface area contributed by atoms with Crippen molar-refractivity contribution in [2.45, 2.75) is 39.3 Å². The Balaban J connectivity index is 1.64. The van der Waals surface area contributed by atoms with Crippen LogP contribution < -0.4 is 10.6 Å². The summed E-state index contributed by atoms with van der Waals surface area (Å²) in [4.78, 5) is 40.1. The average molecular weight is 498 g/mol.